The van der Waals surface area contributed by atoms with E-state index in [1.165, 1.54) is 24.9 Å². The number of hydrogen-bond acceptors (Lipinski definition) is 4. The molecule has 22 heavy (non-hydrogen) atoms. The molecule has 0 aliphatic carbocycles. The number of hydrogen-bond donors (Lipinski definition) is 1. The number of aromatic hydroxyl groups is 1. The van der Waals surface area contributed by atoms with E-state index < -0.39 is 0 Å². The van der Waals surface area contributed by atoms with Gasteiger partial charge in [-0.25, -0.2) is 0 Å². The van der Waals surface area contributed by atoms with E-state index in [4.69, 9.17) is 23.2 Å². The predicted octanol–water partition coefficient (Wildman–Crippen LogP) is 4.69. The molecule has 0 radical (unpaired) electrons. The summed E-state index contributed by atoms with van der Waals surface area (Å²) in [4.78, 5) is 11.5. The molecule has 116 valence electrons. The summed E-state index contributed by atoms with van der Waals surface area (Å²) < 4.78 is 4.68. The van der Waals surface area contributed by atoms with Crippen LogP contribution in [0.25, 0.3) is 0 Å². The molecule has 0 fully saturated rings. The maximum absolute atomic E-state index is 11.5. The third-order valence-electron chi connectivity index (χ3n) is 3.06. The van der Waals surface area contributed by atoms with Crippen LogP contribution < -0.4 is 0 Å². The third-order valence-corrected chi connectivity index (χ3v) is 4.88. The summed E-state index contributed by atoms with van der Waals surface area (Å²) in [5.74, 6) is -0.103. The van der Waals surface area contributed by atoms with Gasteiger partial charge in [0.25, 0.3) is 0 Å². The molecular weight excluding hydrogens is 343 g/mol. The normalized spacial score (nSPS) is 12.0. The van der Waals surface area contributed by atoms with E-state index in [1.807, 2.05) is 18.2 Å². The second-order valence-electron chi connectivity index (χ2n) is 4.49. The van der Waals surface area contributed by atoms with Crippen LogP contribution in [-0.4, -0.2) is 23.9 Å². The number of benzene rings is 2. The van der Waals surface area contributed by atoms with E-state index in [-0.39, 0.29) is 22.7 Å². The van der Waals surface area contributed by atoms with Crippen molar-refractivity contribution in [3.05, 3.63) is 63.6 Å². The van der Waals surface area contributed by atoms with E-state index >= 15 is 0 Å². The van der Waals surface area contributed by atoms with Crippen molar-refractivity contribution in [2.75, 3.05) is 12.9 Å². The molecule has 2 rings (SSSR count). The molecule has 3 nitrogen and oxygen atoms in total. The smallest absolute Gasteiger partial charge is 0.315 e. The molecule has 0 bridgehead atoms. The lowest BCUT2D eigenvalue weighted by Crippen LogP contribution is -2.07. The number of ether oxygens (including phenoxy) is 1. The zero-order valence-corrected chi connectivity index (χ0v) is 14.1. The summed E-state index contributed by atoms with van der Waals surface area (Å²) in [6.45, 7) is 0. The van der Waals surface area contributed by atoms with Crippen molar-refractivity contribution in [2.45, 2.75) is 5.25 Å². The SMILES string of the molecule is COC(=O)CSC(c1cc(Cl)ccc1O)c1ccccc1Cl. The number of halogens is 2. The number of thioether (sulfide) groups is 1. The average molecular weight is 357 g/mol. The Balaban J connectivity index is 2.43. The minimum atomic E-state index is -0.344. The molecule has 0 heterocycles. The van der Waals surface area contributed by atoms with Gasteiger partial charge in [0, 0.05) is 15.6 Å². The zero-order valence-electron chi connectivity index (χ0n) is 11.8. The average Bonchev–Trinajstić information content (AvgIpc) is 2.52. The lowest BCUT2D eigenvalue weighted by atomic mass is 10.0. The molecular formula is C16H14Cl2O3S. The second kappa shape index (κ2) is 7.77. The van der Waals surface area contributed by atoms with E-state index in [0.717, 1.165) is 5.56 Å². The van der Waals surface area contributed by atoms with Gasteiger partial charge in [-0.05, 0) is 29.8 Å². The van der Waals surface area contributed by atoms with Crippen LogP contribution in [0.3, 0.4) is 0 Å². The molecule has 1 N–H and O–H groups in total. The first kappa shape index (κ1) is 17.0. The van der Waals surface area contributed by atoms with Crippen LogP contribution in [0.15, 0.2) is 42.5 Å². The van der Waals surface area contributed by atoms with Crippen molar-refractivity contribution in [3.8, 4) is 5.75 Å². The summed E-state index contributed by atoms with van der Waals surface area (Å²) in [7, 11) is 1.34. The van der Waals surface area contributed by atoms with Gasteiger partial charge in [-0.1, -0.05) is 41.4 Å². The Morgan fingerprint density at radius 3 is 2.64 bits per heavy atom. The molecule has 0 saturated heterocycles. The topological polar surface area (TPSA) is 46.5 Å². The fourth-order valence-electron chi connectivity index (χ4n) is 1.98. The highest BCUT2D eigenvalue weighted by atomic mass is 35.5. The molecule has 1 unspecified atom stereocenters. The second-order valence-corrected chi connectivity index (χ2v) is 6.43. The van der Waals surface area contributed by atoms with Crippen LogP contribution in [0.5, 0.6) is 5.75 Å². The largest absolute Gasteiger partial charge is 0.508 e. The van der Waals surface area contributed by atoms with Crippen molar-refractivity contribution < 1.29 is 14.6 Å². The molecule has 0 aliphatic heterocycles. The first-order valence-electron chi connectivity index (χ1n) is 6.44. The van der Waals surface area contributed by atoms with Gasteiger partial charge in [0.15, 0.2) is 0 Å². The number of esters is 1. The Bertz CT molecular complexity index is 676. The van der Waals surface area contributed by atoms with Crippen LogP contribution in [0.1, 0.15) is 16.4 Å². The minimum Gasteiger partial charge on any atom is -0.508 e. The Kier molecular flexibility index (Phi) is 6.00. The molecule has 0 spiro atoms. The van der Waals surface area contributed by atoms with Gasteiger partial charge in [0.1, 0.15) is 5.75 Å². The number of rotatable bonds is 5. The van der Waals surface area contributed by atoms with Gasteiger partial charge in [-0.15, -0.1) is 11.8 Å². The van der Waals surface area contributed by atoms with E-state index in [0.29, 0.717) is 15.6 Å². The molecule has 0 aliphatic rings. The molecule has 0 saturated carbocycles. The van der Waals surface area contributed by atoms with Gasteiger partial charge in [0.2, 0.25) is 0 Å². The van der Waals surface area contributed by atoms with Gasteiger partial charge in [-0.2, -0.15) is 0 Å². The number of methoxy groups -OCH3 is 1. The Hall–Kier alpha value is -1.36. The lowest BCUT2D eigenvalue weighted by Gasteiger charge is -2.19. The van der Waals surface area contributed by atoms with Gasteiger partial charge in [-0.3, -0.25) is 4.79 Å². The number of phenolic OH excluding ortho intramolecular Hbond substituents is 1. The quantitative estimate of drug-likeness (QED) is 0.789. The lowest BCUT2D eigenvalue weighted by molar-refractivity contribution is -0.137. The maximum atomic E-state index is 11.5. The highest BCUT2D eigenvalue weighted by molar-refractivity contribution is 8.00. The first-order valence-corrected chi connectivity index (χ1v) is 8.24. The Labute approximate surface area is 143 Å². The highest BCUT2D eigenvalue weighted by Gasteiger charge is 2.22. The summed E-state index contributed by atoms with van der Waals surface area (Å²) in [5.41, 5.74) is 1.41. The molecule has 2 aromatic rings. The van der Waals surface area contributed by atoms with Crippen molar-refractivity contribution >= 4 is 40.9 Å². The van der Waals surface area contributed by atoms with Crippen molar-refractivity contribution in [3.63, 3.8) is 0 Å². The molecule has 0 amide bonds. The number of carbonyl (C=O) groups excluding carboxylic acids is 1. The standard InChI is InChI=1S/C16H14Cl2O3S/c1-21-15(20)9-22-16(11-4-2-3-5-13(11)18)12-8-10(17)6-7-14(12)19/h2-8,16,19H,9H2,1H3. The van der Waals surface area contributed by atoms with Crippen molar-refractivity contribution in [1.29, 1.82) is 0 Å². The van der Waals surface area contributed by atoms with Crippen molar-refractivity contribution in [1.82, 2.24) is 0 Å². The fourth-order valence-corrected chi connectivity index (χ4v) is 3.64. The van der Waals surface area contributed by atoms with Crippen LogP contribution >= 0.6 is 35.0 Å². The zero-order chi connectivity index (χ0) is 16.1. The maximum Gasteiger partial charge on any atom is 0.315 e. The summed E-state index contributed by atoms with van der Waals surface area (Å²) in [6, 6.07) is 12.1. The van der Waals surface area contributed by atoms with Crippen LogP contribution in [-0.2, 0) is 9.53 Å². The predicted molar refractivity (Wildman–Crippen MR) is 90.9 cm³/mol. The van der Waals surface area contributed by atoms with Gasteiger partial charge < -0.3 is 9.84 Å². The number of carbonyl (C=O) groups is 1. The Morgan fingerprint density at radius 1 is 1.23 bits per heavy atom. The highest BCUT2D eigenvalue weighted by Crippen LogP contribution is 2.43. The summed E-state index contributed by atoms with van der Waals surface area (Å²) in [6.07, 6.45) is 0. The van der Waals surface area contributed by atoms with Crippen LogP contribution in [0.2, 0.25) is 10.0 Å². The number of phenols is 1. The molecule has 0 aromatic heterocycles. The van der Waals surface area contributed by atoms with Gasteiger partial charge in [0.05, 0.1) is 18.1 Å². The van der Waals surface area contributed by atoms with Crippen LogP contribution in [0.4, 0.5) is 0 Å². The van der Waals surface area contributed by atoms with Crippen LogP contribution in [0, 0.1) is 0 Å². The molecule has 6 heteroatoms. The fraction of sp³-hybridized carbons (Fsp3) is 0.188. The molecule has 1 atom stereocenters. The van der Waals surface area contributed by atoms with E-state index in [2.05, 4.69) is 4.74 Å². The van der Waals surface area contributed by atoms with E-state index in [9.17, 15) is 9.90 Å². The summed E-state index contributed by atoms with van der Waals surface area (Å²) in [5, 5.41) is 10.9. The first-order chi connectivity index (χ1) is 10.5. The van der Waals surface area contributed by atoms with E-state index in [1.54, 1.807) is 18.2 Å². The van der Waals surface area contributed by atoms with Gasteiger partial charge >= 0.3 is 5.97 Å². The third kappa shape index (κ3) is 4.09. The minimum absolute atomic E-state index is 0.103. The van der Waals surface area contributed by atoms with Crippen molar-refractivity contribution in [2.24, 2.45) is 0 Å². The summed E-state index contributed by atoms with van der Waals surface area (Å²) >= 11 is 13.6. The Morgan fingerprint density at radius 2 is 1.95 bits per heavy atom. The monoisotopic (exact) mass is 356 g/mol. The molecule has 2 aromatic carbocycles.